The number of carbonyl (C=O) groups excluding carboxylic acids is 1. The molecule has 1 aromatic carbocycles. The summed E-state index contributed by atoms with van der Waals surface area (Å²) in [7, 11) is 0. The molecule has 0 aromatic heterocycles. The van der Waals surface area contributed by atoms with E-state index < -0.39 is 0 Å². The average molecular weight is 254 g/mol. The number of anilines is 1. The first-order chi connectivity index (χ1) is 7.77. The molecule has 0 aliphatic heterocycles. The van der Waals surface area contributed by atoms with E-state index in [1.54, 1.807) is 4.90 Å². The summed E-state index contributed by atoms with van der Waals surface area (Å²) in [6.45, 7) is 10.3. The van der Waals surface area contributed by atoms with Crippen molar-refractivity contribution in [3.8, 4) is 0 Å². The summed E-state index contributed by atoms with van der Waals surface area (Å²) in [6.07, 6.45) is 0. The summed E-state index contributed by atoms with van der Waals surface area (Å²) < 4.78 is 0. The Bertz CT molecular complexity index is 421. The highest BCUT2D eigenvalue weighted by Crippen LogP contribution is 2.27. The van der Waals surface area contributed by atoms with Gasteiger partial charge < -0.3 is 4.90 Å². The zero-order valence-electron chi connectivity index (χ0n) is 11.2. The minimum absolute atomic E-state index is 0.111. The van der Waals surface area contributed by atoms with E-state index in [1.165, 1.54) is 0 Å². The number of carbonyl (C=O) groups is 1. The molecule has 1 aromatic rings. The van der Waals surface area contributed by atoms with Crippen molar-refractivity contribution >= 4 is 23.2 Å². The van der Waals surface area contributed by atoms with Gasteiger partial charge in [-0.25, -0.2) is 0 Å². The van der Waals surface area contributed by atoms with E-state index in [-0.39, 0.29) is 11.3 Å². The minimum Gasteiger partial charge on any atom is -0.312 e. The third-order valence-electron chi connectivity index (χ3n) is 2.67. The van der Waals surface area contributed by atoms with Crippen molar-refractivity contribution in [1.82, 2.24) is 0 Å². The lowest BCUT2D eigenvalue weighted by atomic mass is 9.94. The number of aryl methyl sites for hydroxylation is 1. The highest BCUT2D eigenvalue weighted by atomic mass is 35.5. The van der Waals surface area contributed by atoms with E-state index in [1.807, 2.05) is 52.8 Å². The molecule has 0 saturated carbocycles. The third kappa shape index (κ3) is 3.22. The number of hydrogen-bond acceptors (Lipinski definition) is 1. The Hall–Kier alpha value is -1.02. The maximum atomic E-state index is 12.3. The molecule has 0 aliphatic rings. The maximum absolute atomic E-state index is 12.3. The van der Waals surface area contributed by atoms with Crippen LogP contribution in [0.4, 0.5) is 5.69 Å². The Morgan fingerprint density at radius 2 is 1.94 bits per heavy atom. The van der Waals surface area contributed by atoms with E-state index in [9.17, 15) is 4.79 Å². The largest absolute Gasteiger partial charge is 0.312 e. The second kappa shape index (κ2) is 5.09. The lowest BCUT2D eigenvalue weighted by Crippen LogP contribution is -2.39. The van der Waals surface area contributed by atoms with Gasteiger partial charge >= 0.3 is 0 Å². The first-order valence-corrected chi connectivity index (χ1v) is 6.23. The predicted molar refractivity (Wildman–Crippen MR) is 73.7 cm³/mol. The van der Waals surface area contributed by atoms with Crippen molar-refractivity contribution in [3.63, 3.8) is 0 Å². The molecule has 0 N–H and O–H groups in total. The molecule has 1 amide bonds. The Balaban J connectivity index is 3.10. The Morgan fingerprint density at radius 1 is 1.35 bits per heavy atom. The minimum atomic E-state index is -0.382. The molecule has 0 spiro atoms. The molecule has 3 heteroatoms. The molecule has 0 saturated heterocycles. The molecule has 2 nitrogen and oxygen atoms in total. The van der Waals surface area contributed by atoms with Crippen LogP contribution in [0.3, 0.4) is 0 Å². The molecule has 0 aliphatic carbocycles. The number of hydrogen-bond donors (Lipinski definition) is 0. The van der Waals surface area contributed by atoms with Gasteiger partial charge in [-0.15, -0.1) is 0 Å². The van der Waals surface area contributed by atoms with E-state index in [4.69, 9.17) is 11.6 Å². The fourth-order valence-electron chi connectivity index (χ4n) is 1.60. The average Bonchev–Trinajstić information content (AvgIpc) is 2.23. The SMILES string of the molecule is CCN(C(=O)C(C)(C)C)c1ccc(C)c(Cl)c1. The molecule has 1 rings (SSSR count). The van der Waals surface area contributed by atoms with E-state index in [0.29, 0.717) is 11.6 Å². The molecular formula is C14H20ClNO. The molecule has 0 radical (unpaired) electrons. The van der Waals surface area contributed by atoms with Gasteiger partial charge in [0.1, 0.15) is 0 Å². The Kier molecular flexibility index (Phi) is 4.21. The first-order valence-electron chi connectivity index (χ1n) is 5.85. The van der Waals surface area contributed by atoms with Crippen LogP contribution < -0.4 is 4.90 Å². The Morgan fingerprint density at radius 3 is 2.35 bits per heavy atom. The van der Waals surface area contributed by atoms with Crippen LogP contribution >= 0.6 is 11.6 Å². The van der Waals surface area contributed by atoms with Crippen molar-refractivity contribution < 1.29 is 4.79 Å². The number of rotatable bonds is 2. The van der Waals surface area contributed by atoms with Crippen LogP contribution in [0, 0.1) is 12.3 Å². The monoisotopic (exact) mass is 253 g/mol. The van der Waals surface area contributed by atoms with Crippen LogP contribution in [0.1, 0.15) is 33.3 Å². The van der Waals surface area contributed by atoms with Gasteiger partial charge in [0.25, 0.3) is 0 Å². The van der Waals surface area contributed by atoms with Gasteiger partial charge in [-0.2, -0.15) is 0 Å². The van der Waals surface area contributed by atoms with Gasteiger partial charge in [-0.3, -0.25) is 4.79 Å². The fourth-order valence-corrected chi connectivity index (χ4v) is 1.77. The second-order valence-corrected chi connectivity index (χ2v) is 5.64. The van der Waals surface area contributed by atoms with Crippen LogP contribution in [0.5, 0.6) is 0 Å². The third-order valence-corrected chi connectivity index (χ3v) is 3.08. The molecule has 0 fully saturated rings. The quantitative estimate of drug-likeness (QED) is 0.779. The van der Waals surface area contributed by atoms with Gasteiger partial charge in [-0.1, -0.05) is 38.4 Å². The molecular weight excluding hydrogens is 234 g/mol. The van der Waals surface area contributed by atoms with Crippen LogP contribution in [-0.2, 0) is 4.79 Å². The van der Waals surface area contributed by atoms with Crippen molar-refractivity contribution in [1.29, 1.82) is 0 Å². The predicted octanol–water partition coefficient (Wildman–Crippen LogP) is 4.05. The normalized spacial score (nSPS) is 11.4. The molecule has 0 atom stereocenters. The summed E-state index contributed by atoms with van der Waals surface area (Å²) in [5.74, 6) is 0.111. The lowest BCUT2D eigenvalue weighted by molar-refractivity contribution is -0.125. The number of halogens is 1. The maximum Gasteiger partial charge on any atom is 0.232 e. The van der Waals surface area contributed by atoms with E-state index >= 15 is 0 Å². The number of amides is 1. The lowest BCUT2D eigenvalue weighted by Gasteiger charge is -2.28. The van der Waals surface area contributed by atoms with Crippen LogP contribution in [0.2, 0.25) is 5.02 Å². The van der Waals surface area contributed by atoms with Crippen LogP contribution in [0.25, 0.3) is 0 Å². The molecule has 94 valence electrons. The summed E-state index contributed by atoms with van der Waals surface area (Å²) >= 11 is 6.10. The highest BCUT2D eigenvalue weighted by Gasteiger charge is 2.27. The summed E-state index contributed by atoms with van der Waals surface area (Å²) in [5.41, 5.74) is 1.51. The van der Waals surface area contributed by atoms with E-state index in [0.717, 1.165) is 11.3 Å². The summed E-state index contributed by atoms with van der Waals surface area (Å²) in [5, 5.41) is 0.697. The van der Waals surface area contributed by atoms with E-state index in [2.05, 4.69) is 0 Å². The van der Waals surface area contributed by atoms with Crippen molar-refractivity contribution in [2.45, 2.75) is 34.6 Å². The Labute approximate surface area is 109 Å². The van der Waals surface area contributed by atoms with Gasteiger partial charge in [0.15, 0.2) is 0 Å². The fraction of sp³-hybridized carbons (Fsp3) is 0.500. The summed E-state index contributed by atoms with van der Waals surface area (Å²) in [6, 6.07) is 5.73. The second-order valence-electron chi connectivity index (χ2n) is 5.23. The van der Waals surface area contributed by atoms with Gasteiger partial charge in [0, 0.05) is 22.7 Å². The van der Waals surface area contributed by atoms with Crippen LogP contribution in [-0.4, -0.2) is 12.5 Å². The highest BCUT2D eigenvalue weighted by molar-refractivity contribution is 6.31. The molecule has 0 heterocycles. The van der Waals surface area contributed by atoms with Crippen molar-refractivity contribution in [3.05, 3.63) is 28.8 Å². The number of nitrogens with zero attached hydrogens (tertiary/aromatic N) is 1. The summed E-state index contributed by atoms with van der Waals surface area (Å²) in [4.78, 5) is 14.0. The van der Waals surface area contributed by atoms with Crippen molar-refractivity contribution in [2.24, 2.45) is 5.41 Å². The smallest absolute Gasteiger partial charge is 0.232 e. The molecule has 0 bridgehead atoms. The van der Waals surface area contributed by atoms with Gasteiger partial charge in [-0.05, 0) is 31.5 Å². The van der Waals surface area contributed by atoms with Crippen LogP contribution in [0.15, 0.2) is 18.2 Å². The number of benzene rings is 1. The zero-order chi connectivity index (χ0) is 13.2. The first kappa shape index (κ1) is 14.0. The molecule has 17 heavy (non-hydrogen) atoms. The topological polar surface area (TPSA) is 20.3 Å². The molecule has 0 unspecified atom stereocenters. The van der Waals surface area contributed by atoms with Gasteiger partial charge in [0.2, 0.25) is 5.91 Å². The van der Waals surface area contributed by atoms with Gasteiger partial charge in [0.05, 0.1) is 0 Å². The zero-order valence-corrected chi connectivity index (χ0v) is 11.9. The van der Waals surface area contributed by atoms with Crippen molar-refractivity contribution in [2.75, 3.05) is 11.4 Å². The standard InChI is InChI=1S/C14H20ClNO/c1-6-16(13(17)14(3,4)5)11-8-7-10(2)12(15)9-11/h7-9H,6H2,1-5H3.